The van der Waals surface area contributed by atoms with Crippen molar-refractivity contribution in [1.29, 1.82) is 0 Å². The lowest BCUT2D eigenvalue weighted by Gasteiger charge is -2.29. The van der Waals surface area contributed by atoms with Crippen LogP contribution < -0.4 is 5.32 Å². The summed E-state index contributed by atoms with van der Waals surface area (Å²) in [5.41, 5.74) is 3.18. The van der Waals surface area contributed by atoms with E-state index < -0.39 is 6.04 Å². The Kier molecular flexibility index (Phi) is 4.98. The molecule has 4 rings (SSSR count). The van der Waals surface area contributed by atoms with E-state index in [1.54, 1.807) is 28.8 Å². The van der Waals surface area contributed by atoms with Gasteiger partial charge in [0.05, 0.1) is 11.9 Å². The molecule has 1 aliphatic heterocycles. The number of benzene rings is 2. The summed E-state index contributed by atoms with van der Waals surface area (Å²) in [6.07, 6.45) is 3.10. The van der Waals surface area contributed by atoms with E-state index in [9.17, 15) is 9.59 Å². The number of thioether (sulfide) groups is 1. The molecule has 26 heavy (non-hydrogen) atoms. The predicted octanol–water partition coefficient (Wildman–Crippen LogP) is 3.40. The van der Waals surface area contributed by atoms with Crippen molar-refractivity contribution in [1.82, 2.24) is 10.2 Å². The van der Waals surface area contributed by atoms with Crippen molar-refractivity contribution in [3.05, 3.63) is 71.3 Å². The summed E-state index contributed by atoms with van der Waals surface area (Å²) < 4.78 is 0. The van der Waals surface area contributed by atoms with E-state index in [-0.39, 0.29) is 17.9 Å². The molecule has 0 radical (unpaired) electrons. The third kappa shape index (κ3) is 3.36. The number of hydrogen-bond donors (Lipinski definition) is 1. The van der Waals surface area contributed by atoms with Crippen LogP contribution in [0.3, 0.4) is 0 Å². The molecule has 2 amide bonds. The number of carbonyl (C=O) groups is 2. The lowest BCUT2D eigenvalue weighted by atomic mass is 9.87. The molecule has 2 aromatic carbocycles. The van der Waals surface area contributed by atoms with E-state index in [1.165, 1.54) is 11.1 Å². The van der Waals surface area contributed by atoms with Crippen LogP contribution in [0.1, 0.15) is 40.4 Å². The average Bonchev–Trinajstić information content (AvgIpc) is 3.18. The Hall–Kier alpha value is -2.27. The molecule has 2 aromatic rings. The van der Waals surface area contributed by atoms with Crippen molar-refractivity contribution in [2.24, 2.45) is 0 Å². The average molecular weight is 366 g/mol. The first-order valence-electron chi connectivity index (χ1n) is 9.06. The Labute approximate surface area is 158 Å². The number of fused-ring (bicyclic) bond motifs is 1. The van der Waals surface area contributed by atoms with E-state index in [1.807, 2.05) is 24.3 Å². The number of aryl methyl sites for hydroxylation is 1. The SMILES string of the molecule is O=C(N[C@@H]1CCCc2ccccc21)[C@@H]1CSCN1C(=O)c1ccccc1. The summed E-state index contributed by atoms with van der Waals surface area (Å²) in [5.74, 6) is 1.10. The van der Waals surface area contributed by atoms with E-state index in [0.29, 0.717) is 17.2 Å². The zero-order valence-electron chi connectivity index (χ0n) is 14.6. The van der Waals surface area contributed by atoms with Gasteiger partial charge in [0.2, 0.25) is 5.91 Å². The fraction of sp³-hybridized carbons (Fsp3) is 0.333. The number of hydrogen-bond acceptors (Lipinski definition) is 3. The van der Waals surface area contributed by atoms with Gasteiger partial charge in [-0.3, -0.25) is 9.59 Å². The summed E-state index contributed by atoms with van der Waals surface area (Å²) in [4.78, 5) is 27.4. The molecule has 1 aliphatic carbocycles. The lowest BCUT2D eigenvalue weighted by molar-refractivity contribution is -0.125. The molecular formula is C21H22N2O2S. The van der Waals surface area contributed by atoms with Gasteiger partial charge in [0, 0.05) is 11.3 Å². The molecule has 2 aliphatic rings. The highest BCUT2D eigenvalue weighted by molar-refractivity contribution is 7.99. The van der Waals surface area contributed by atoms with Gasteiger partial charge >= 0.3 is 0 Å². The highest BCUT2D eigenvalue weighted by atomic mass is 32.2. The Morgan fingerprint density at radius 1 is 1.04 bits per heavy atom. The summed E-state index contributed by atoms with van der Waals surface area (Å²) in [7, 11) is 0. The number of nitrogens with one attached hydrogen (secondary N) is 1. The van der Waals surface area contributed by atoms with Crippen molar-refractivity contribution in [3.8, 4) is 0 Å². The van der Waals surface area contributed by atoms with E-state index >= 15 is 0 Å². The van der Waals surface area contributed by atoms with E-state index in [2.05, 4.69) is 23.5 Å². The van der Waals surface area contributed by atoms with Gasteiger partial charge in [-0.1, -0.05) is 42.5 Å². The normalized spacial score (nSPS) is 21.9. The first-order chi connectivity index (χ1) is 12.7. The van der Waals surface area contributed by atoms with Crippen LogP contribution >= 0.6 is 11.8 Å². The Bertz CT molecular complexity index is 809. The maximum atomic E-state index is 13.0. The first kappa shape index (κ1) is 17.2. The van der Waals surface area contributed by atoms with Gasteiger partial charge in [0.15, 0.2) is 0 Å². The van der Waals surface area contributed by atoms with Crippen molar-refractivity contribution >= 4 is 23.6 Å². The molecule has 0 saturated carbocycles. The van der Waals surface area contributed by atoms with Crippen LogP contribution in [0.15, 0.2) is 54.6 Å². The van der Waals surface area contributed by atoms with Gasteiger partial charge < -0.3 is 10.2 Å². The summed E-state index contributed by atoms with van der Waals surface area (Å²) in [6.45, 7) is 0. The van der Waals surface area contributed by atoms with Gasteiger partial charge in [-0.2, -0.15) is 0 Å². The fourth-order valence-electron chi connectivity index (χ4n) is 3.78. The number of amides is 2. The molecule has 1 N–H and O–H groups in total. The van der Waals surface area contributed by atoms with E-state index in [0.717, 1.165) is 19.3 Å². The number of nitrogens with zero attached hydrogens (tertiary/aromatic N) is 1. The topological polar surface area (TPSA) is 49.4 Å². The zero-order valence-corrected chi connectivity index (χ0v) is 15.4. The standard InChI is InChI=1S/C21H22N2O2S/c24-20(22-18-12-6-10-15-7-4-5-11-17(15)18)19-13-26-14-23(19)21(25)16-8-2-1-3-9-16/h1-5,7-9,11,18-19H,6,10,12-14H2,(H,22,24)/t18-,19+/m1/s1. The highest BCUT2D eigenvalue weighted by Gasteiger charge is 2.36. The monoisotopic (exact) mass is 366 g/mol. The van der Waals surface area contributed by atoms with Crippen LogP contribution in [0.5, 0.6) is 0 Å². The Morgan fingerprint density at radius 3 is 2.65 bits per heavy atom. The van der Waals surface area contributed by atoms with Gasteiger partial charge in [-0.25, -0.2) is 0 Å². The van der Waals surface area contributed by atoms with Crippen LogP contribution in [0.4, 0.5) is 0 Å². The Balaban J connectivity index is 1.49. The first-order valence-corrected chi connectivity index (χ1v) is 10.2. The maximum Gasteiger partial charge on any atom is 0.255 e. The minimum atomic E-state index is -0.401. The molecule has 4 nitrogen and oxygen atoms in total. The third-order valence-electron chi connectivity index (χ3n) is 5.15. The fourth-order valence-corrected chi connectivity index (χ4v) is 4.93. The zero-order chi connectivity index (χ0) is 17.9. The summed E-state index contributed by atoms with van der Waals surface area (Å²) >= 11 is 1.63. The minimum absolute atomic E-state index is 0.0408. The summed E-state index contributed by atoms with van der Waals surface area (Å²) in [6, 6.07) is 17.2. The second-order valence-electron chi connectivity index (χ2n) is 6.81. The second kappa shape index (κ2) is 7.54. The number of carbonyl (C=O) groups excluding carboxylic acids is 2. The molecule has 0 spiro atoms. The molecule has 0 bridgehead atoms. The third-order valence-corrected chi connectivity index (χ3v) is 6.16. The largest absolute Gasteiger partial charge is 0.347 e. The van der Waals surface area contributed by atoms with Crippen molar-refractivity contribution < 1.29 is 9.59 Å². The molecule has 2 atom stereocenters. The molecule has 0 aromatic heterocycles. The van der Waals surface area contributed by atoms with Gasteiger partial charge in [-0.05, 0) is 42.5 Å². The van der Waals surface area contributed by atoms with Crippen LogP contribution in [0.2, 0.25) is 0 Å². The quantitative estimate of drug-likeness (QED) is 0.906. The van der Waals surface area contributed by atoms with Gasteiger partial charge in [-0.15, -0.1) is 11.8 Å². The molecular weight excluding hydrogens is 344 g/mol. The molecule has 5 heteroatoms. The molecule has 134 valence electrons. The number of rotatable bonds is 3. The smallest absolute Gasteiger partial charge is 0.255 e. The van der Waals surface area contributed by atoms with Crippen LogP contribution in [-0.2, 0) is 11.2 Å². The van der Waals surface area contributed by atoms with Crippen molar-refractivity contribution in [2.75, 3.05) is 11.6 Å². The van der Waals surface area contributed by atoms with E-state index in [4.69, 9.17) is 0 Å². The van der Waals surface area contributed by atoms with Crippen molar-refractivity contribution in [3.63, 3.8) is 0 Å². The van der Waals surface area contributed by atoms with Crippen LogP contribution in [0.25, 0.3) is 0 Å². The maximum absolute atomic E-state index is 13.0. The van der Waals surface area contributed by atoms with Gasteiger partial charge in [0.1, 0.15) is 6.04 Å². The molecule has 1 saturated heterocycles. The van der Waals surface area contributed by atoms with Crippen molar-refractivity contribution in [2.45, 2.75) is 31.3 Å². The highest BCUT2D eigenvalue weighted by Crippen LogP contribution is 2.30. The minimum Gasteiger partial charge on any atom is -0.347 e. The lowest BCUT2D eigenvalue weighted by Crippen LogP contribution is -2.48. The van der Waals surface area contributed by atoms with Gasteiger partial charge in [0.25, 0.3) is 5.91 Å². The molecule has 1 heterocycles. The molecule has 1 fully saturated rings. The van der Waals surface area contributed by atoms with Crippen LogP contribution in [-0.4, -0.2) is 34.4 Å². The Morgan fingerprint density at radius 2 is 1.81 bits per heavy atom. The van der Waals surface area contributed by atoms with Crippen LogP contribution in [0, 0.1) is 0 Å². The summed E-state index contributed by atoms with van der Waals surface area (Å²) in [5, 5.41) is 3.21. The molecule has 0 unspecified atom stereocenters. The second-order valence-corrected chi connectivity index (χ2v) is 7.81. The predicted molar refractivity (Wildman–Crippen MR) is 104 cm³/mol.